The molecule has 0 aliphatic carbocycles. The van der Waals surface area contributed by atoms with Crippen molar-refractivity contribution in [3.63, 3.8) is 0 Å². The highest BCUT2D eigenvalue weighted by Crippen LogP contribution is 2.19. The minimum Gasteiger partial charge on any atom is -0.478 e. The molecule has 0 aromatic carbocycles. The molecule has 0 saturated carbocycles. The van der Waals surface area contributed by atoms with E-state index >= 15 is 0 Å². The molecule has 4 nitrogen and oxygen atoms in total. The molecule has 0 radical (unpaired) electrons. The van der Waals surface area contributed by atoms with E-state index in [-0.39, 0.29) is 23.5 Å². The van der Waals surface area contributed by atoms with Gasteiger partial charge in [-0.05, 0) is 24.3 Å². The van der Waals surface area contributed by atoms with E-state index in [0.29, 0.717) is 5.75 Å². The van der Waals surface area contributed by atoms with Gasteiger partial charge in [-0.3, -0.25) is 0 Å². The zero-order valence-corrected chi connectivity index (χ0v) is 9.93. The third-order valence-corrected chi connectivity index (χ3v) is 2.56. The van der Waals surface area contributed by atoms with Gasteiger partial charge in [0.05, 0.1) is 0 Å². The highest BCUT2D eigenvalue weighted by molar-refractivity contribution is 7.98. The molecule has 0 rings (SSSR count). The number of rotatable bonds is 6. The first-order valence-electron chi connectivity index (χ1n) is 4.60. The smallest absolute Gasteiger partial charge is 0.332 e. The first-order chi connectivity index (χ1) is 6.91. The van der Waals surface area contributed by atoms with Crippen molar-refractivity contribution in [3.8, 4) is 0 Å². The van der Waals surface area contributed by atoms with Crippen LogP contribution >= 0.6 is 11.8 Å². The van der Waals surface area contributed by atoms with E-state index in [1.807, 2.05) is 6.26 Å². The van der Waals surface area contributed by atoms with Gasteiger partial charge in [-0.25, -0.2) is 9.59 Å². The van der Waals surface area contributed by atoms with E-state index in [1.165, 1.54) is 11.8 Å². The topological polar surface area (TPSA) is 74.6 Å². The van der Waals surface area contributed by atoms with Crippen LogP contribution in [0.5, 0.6) is 0 Å². The van der Waals surface area contributed by atoms with Gasteiger partial charge in [0.2, 0.25) is 0 Å². The molecule has 0 amide bonds. The van der Waals surface area contributed by atoms with E-state index in [9.17, 15) is 9.59 Å². The summed E-state index contributed by atoms with van der Waals surface area (Å²) in [4.78, 5) is 21.8. The number of hydrogen-bond donors (Lipinski definition) is 2. The van der Waals surface area contributed by atoms with Crippen LogP contribution in [-0.2, 0) is 9.59 Å². The second-order valence-corrected chi connectivity index (χ2v) is 4.39. The fraction of sp³-hybridized carbons (Fsp3) is 0.600. The van der Waals surface area contributed by atoms with E-state index in [4.69, 9.17) is 10.2 Å². The summed E-state index contributed by atoms with van der Waals surface area (Å²) in [6, 6.07) is 0. The van der Waals surface area contributed by atoms with Crippen LogP contribution in [0.1, 0.15) is 20.3 Å². The number of carboxylic acids is 2. The van der Waals surface area contributed by atoms with Crippen LogP contribution in [-0.4, -0.2) is 34.2 Å². The third-order valence-electron chi connectivity index (χ3n) is 1.95. The van der Waals surface area contributed by atoms with Gasteiger partial charge in [-0.1, -0.05) is 13.8 Å². The van der Waals surface area contributed by atoms with Crippen LogP contribution in [0.2, 0.25) is 0 Å². The Balaban J connectivity index is 5.16. The maximum absolute atomic E-state index is 10.9. The number of aliphatic carboxylic acids is 2. The van der Waals surface area contributed by atoms with Gasteiger partial charge in [0, 0.05) is 11.1 Å². The minimum absolute atomic E-state index is 0.0107. The van der Waals surface area contributed by atoms with E-state index < -0.39 is 11.9 Å². The van der Waals surface area contributed by atoms with Crippen molar-refractivity contribution in [1.82, 2.24) is 0 Å². The van der Waals surface area contributed by atoms with Gasteiger partial charge < -0.3 is 10.2 Å². The number of hydrogen-bond acceptors (Lipinski definition) is 3. The lowest BCUT2D eigenvalue weighted by Crippen LogP contribution is -2.16. The molecule has 0 atom stereocenters. The van der Waals surface area contributed by atoms with Crippen molar-refractivity contribution < 1.29 is 19.8 Å². The molecule has 86 valence electrons. The Hall–Kier alpha value is -0.970. The highest BCUT2D eigenvalue weighted by atomic mass is 32.2. The third kappa shape index (κ3) is 4.38. The Labute approximate surface area is 93.4 Å². The van der Waals surface area contributed by atoms with Crippen LogP contribution in [0, 0.1) is 5.92 Å². The molecule has 0 aliphatic rings. The molecular weight excluding hydrogens is 216 g/mol. The Morgan fingerprint density at radius 3 is 2.00 bits per heavy atom. The lowest BCUT2D eigenvalue weighted by Gasteiger charge is -2.11. The van der Waals surface area contributed by atoms with Gasteiger partial charge in [0.15, 0.2) is 0 Å². The van der Waals surface area contributed by atoms with Crippen LogP contribution in [0.3, 0.4) is 0 Å². The molecule has 5 heteroatoms. The van der Waals surface area contributed by atoms with Gasteiger partial charge in [-0.2, -0.15) is 11.8 Å². The number of thioether (sulfide) groups is 1. The molecule has 0 aliphatic heterocycles. The Morgan fingerprint density at radius 1 is 1.20 bits per heavy atom. The molecule has 0 saturated heterocycles. The highest BCUT2D eigenvalue weighted by Gasteiger charge is 2.22. The minimum atomic E-state index is -1.14. The quantitative estimate of drug-likeness (QED) is 0.684. The summed E-state index contributed by atoms with van der Waals surface area (Å²) < 4.78 is 0. The molecule has 15 heavy (non-hydrogen) atoms. The summed E-state index contributed by atoms with van der Waals surface area (Å²) in [6.07, 6.45) is 2.14. The first-order valence-corrected chi connectivity index (χ1v) is 5.99. The molecule has 0 unspecified atom stereocenters. The first kappa shape index (κ1) is 14.0. The maximum atomic E-state index is 10.9. The van der Waals surface area contributed by atoms with Crippen molar-refractivity contribution >= 4 is 23.7 Å². The summed E-state index contributed by atoms with van der Waals surface area (Å²) in [6.45, 7) is 3.37. The predicted octanol–water partition coefficient (Wildman–Crippen LogP) is 1.86. The molecule has 0 heterocycles. The van der Waals surface area contributed by atoms with Crippen LogP contribution in [0.15, 0.2) is 11.1 Å². The van der Waals surface area contributed by atoms with Crippen molar-refractivity contribution in [2.75, 3.05) is 12.0 Å². The molecule has 0 bridgehead atoms. The summed E-state index contributed by atoms with van der Waals surface area (Å²) in [5, 5.41) is 17.9. The standard InChI is InChI=1S/C10H16O4S/c1-6(2)8(10(13)14)7(9(11)12)4-5-15-3/h6H,4-5H2,1-3H3,(H,11,12)(H,13,14). The van der Waals surface area contributed by atoms with Gasteiger partial charge in [0.1, 0.15) is 0 Å². The Kier molecular flexibility index (Phi) is 6.08. The van der Waals surface area contributed by atoms with Crippen molar-refractivity contribution in [2.45, 2.75) is 20.3 Å². The number of carboxylic acid groups (broad SMARTS) is 2. The average molecular weight is 232 g/mol. The van der Waals surface area contributed by atoms with Crippen molar-refractivity contribution in [1.29, 1.82) is 0 Å². The fourth-order valence-electron chi connectivity index (χ4n) is 1.29. The van der Waals surface area contributed by atoms with E-state index in [1.54, 1.807) is 13.8 Å². The SMILES string of the molecule is CSCCC(C(=O)O)=C(C(=O)O)C(C)C. The monoisotopic (exact) mass is 232 g/mol. The summed E-state index contributed by atoms with van der Waals surface area (Å²) in [7, 11) is 0. The molecular formula is C10H16O4S. The summed E-state index contributed by atoms with van der Waals surface area (Å²) in [5.74, 6) is -1.93. The molecule has 0 spiro atoms. The van der Waals surface area contributed by atoms with Crippen LogP contribution in [0.4, 0.5) is 0 Å². The second-order valence-electron chi connectivity index (χ2n) is 3.40. The fourth-order valence-corrected chi connectivity index (χ4v) is 1.69. The largest absolute Gasteiger partial charge is 0.478 e. The number of carbonyl (C=O) groups is 2. The lowest BCUT2D eigenvalue weighted by atomic mass is 9.96. The molecule has 0 aromatic heterocycles. The van der Waals surface area contributed by atoms with Gasteiger partial charge in [0.25, 0.3) is 0 Å². The van der Waals surface area contributed by atoms with E-state index in [0.717, 1.165) is 0 Å². The van der Waals surface area contributed by atoms with Crippen molar-refractivity contribution in [3.05, 3.63) is 11.1 Å². The Morgan fingerprint density at radius 2 is 1.73 bits per heavy atom. The van der Waals surface area contributed by atoms with E-state index in [2.05, 4.69) is 0 Å². The molecule has 2 N–H and O–H groups in total. The Bertz CT molecular complexity index is 281. The average Bonchev–Trinajstić information content (AvgIpc) is 2.09. The zero-order chi connectivity index (χ0) is 12.0. The molecule has 0 aromatic rings. The lowest BCUT2D eigenvalue weighted by molar-refractivity contribution is -0.136. The molecule has 0 fully saturated rings. The predicted molar refractivity (Wildman–Crippen MR) is 60.1 cm³/mol. The second kappa shape index (κ2) is 6.50. The summed E-state index contributed by atoms with van der Waals surface area (Å²) >= 11 is 1.50. The van der Waals surface area contributed by atoms with Crippen LogP contribution < -0.4 is 0 Å². The van der Waals surface area contributed by atoms with Crippen LogP contribution in [0.25, 0.3) is 0 Å². The normalized spacial score (nSPS) is 12.5. The van der Waals surface area contributed by atoms with Crippen molar-refractivity contribution in [2.24, 2.45) is 5.92 Å². The zero-order valence-electron chi connectivity index (χ0n) is 9.11. The van der Waals surface area contributed by atoms with Gasteiger partial charge >= 0.3 is 11.9 Å². The summed E-state index contributed by atoms with van der Waals surface area (Å²) in [5.41, 5.74) is 0.0309. The van der Waals surface area contributed by atoms with Gasteiger partial charge in [-0.15, -0.1) is 0 Å². The maximum Gasteiger partial charge on any atom is 0.332 e.